The van der Waals surface area contributed by atoms with Crippen molar-refractivity contribution < 1.29 is 21.2 Å². The largest absolute Gasteiger partial charge is 2.00 e. The summed E-state index contributed by atoms with van der Waals surface area (Å²) < 4.78 is 1.48. The maximum absolute atomic E-state index is 11.5. The fraction of sp³-hybridized carbons (Fsp3) is 0.763. The first kappa shape index (κ1) is 77.0. The number of hydrogen-bond acceptors (Lipinski definition) is 0. The van der Waals surface area contributed by atoms with E-state index in [1.807, 2.05) is 0 Å². The molecule has 1 aliphatic heterocycles. The number of unbranched alkanes of at least 4 members (excludes halogenated alkanes) is 45. The van der Waals surface area contributed by atoms with Crippen molar-refractivity contribution in [3.05, 3.63) is 101 Å². The molecule has 0 fully saturated rings. The minimum absolute atomic E-state index is 0. The molecule has 0 amide bonds. The van der Waals surface area contributed by atoms with Gasteiger partial charge in [-0.2, -0.15) is 12.8 Å². The van der Waals surface area contributed by atoms with Crippen molar-refractivity contribution in [2.45, 2.75) is 375 Å². The van der Waals surface area contributed by atoms with Gasteiger partial charge >= 0.3 is 16.5 Å². The number of hydrogen-bond donors (Lipinski definition) is 0. The van der Waals surface area contributed by atoms with Crippen LogP contribution in [0.3, 0.4) is 0 Å². The molecule has 3 heteroatoms. The van der Waals surface area contributed by atoms with Crippen LogP contribution in [-0.2, 0) is 29.3 Å². The summed E-state index contributed by atoms with van der Waals surface area (Å²) in [6.45, 7) is 21.2. The quantitative estimate of drug-likeness (QED) is 0.0273. The van der Waals surface area contributed by atoms with Gasteiger partial charge in [0.1, 0.15) is 0 Å². The van der Waals surface area contributed by atoms with E-state index >= 15 is 0 Å². The van der Waals surface area contributed by atoms with Crippen LogP contribution < -0.4 is 0 Å². The summed E-state index contributed by atoms with van der Waals surface area (Å²) in [5, 5.41) is 0. The number of aryl methyl sites for hydroxylation is 2. The van der Waals surface area contributed by atoms with Crippen LogP contribution in [0.2, 0.25) is 0 Å². The van der Waals surface area contributed by atoms with Gasteiger partial charge in [-0.25, -0.2) is 4.70 Å². The van der Waals surface area contributed by atoms with Gasteiger partial charge in [-0.1, -0.05) is 355 Å². The van der Waals surface area contributed by atoms with E-state index in [-0.39, 0.29) is 16.5 Å². The predicted molar refractivity (Wildman–Crippen MR) is 353 cm³/mol. The van der Waals surface area contributed by atoms with Crippen molar-refractivity contribution in [3.8, 4) is 0 Å². The Morgan fingerprint density at radius 3 is 0.785 bits per heavy atom. The first-order valence-electron chi connectivity index (χ1n) is 35.2. The number of nitrogens with zero attached hydrogens (tertiary/aromatic N) is 2. The van der Waals surface area contributed by atoms with E-state index in [0.29, 0.717) is 0 Å². The molecule has 0 saturated carbocycles. The molecular formula is C76H134N2Ni. The molecule has 0 saturated heterocycles. The van der Waals surface area contributed by atoms with Gasteiger partial charge < -0.3 is 19.4 Å². The Bertz CT molecular complexity index is 1600. The molecule has 2 aromatic carbocycles. The standard InChI is InChI=1S/C28H36N2.2C24H49.Ni/c1-5-9-10-11-18-26-25(8-4)27(23-16-12-14-21(6-2)19-23)30(29)28(26)24-17-13-15-22(7-3)20-24;2*1-3-5-7-9-11-13-15-17-19-21-23-24-22-20-18-16-14-12-10-8-6-4-2;/h12-17,19-20H,5-11,18H2,1-4H3;2*1,3-24H2,2H3;/q;2*-1;+2. The van der Waals surface area contributed by atoms with Crippen LogP contribution in [0.4, 0.5) is 0 Å². The Morgan fingerprint density at radius 1 is 0.304 bits per heavy atom. The minimum atomic E-state index is 0. The van der Waals surface area contributed by atoms with E-state index < -0.39 is 0 Å². The van der Waals surface area contributed by atoms with E-state index in [9.17, 15) is 5.53 Å². The zero-order valence-electron chi connectivity index (χ0n) is 54.0. The number of rotatable bonds is 52. The van der Waals surface area contributed by atoms with Crippen LogP contribution in [0.25, 0.3) is 16.9 Å². The van der Waals surface area contributed by atoms with Crippen LogP contribution in [0.1, 0.15) is 385 Å². The molecule has 0 unspecified atom stereocenters. The van der Waals surface area contributed by atoms with Gasteiger partial charge in [0.05, 0.1) is 0 Å². The summed E-state index contributed by atoms with van der Waals surface area (Å²) in [6.07, 6.45) is 72.4. The molecule has 0 N–H and O–H groups in total. The summed E-state index contributed by atoms with van der Waals surface area (Å²) >= 11 is 0. The van der Waals surface area contributed by atoms with E-state index in [0.717, 1.165) is 61.0 Å². The molecular weight excluding hydrogens is 1000 g/mol. The molecule has 0 radical (unpaired) electrons. The van der Waals surface area contributed by atoms with Crippen LogP contribution >= 0.6 is 0 Å². The van der Waals surface area contributed by atoms with Gasteiger partial charge in [0.25, 0.3) is 0 Å². The van der Waals surface area contributed by atoms with E-state index in [1.165, 1.54) is 322 Å². The Labute approximate surface area is 506 Å². The molecule has 0 spiro atoms. The third-order valence-corrected chi connectivity index (χ3v) is 16.9. The van der Waals surface area contributed by atoms with Gasteiger partial charge in [0, 0.05) is 22.3 Å². The molecule has 0 atom stereocenters. The zero-order valence-corrected chi connectivity index (χ0v) is 55.0. The summed E-state index contributed by atoms with van der Waals surface area (Å²) in [5.74, 6) is 0. The topological polar surface area (TPSA) is 25.3 Å². The summed E-state index contributed by atoms with van der Waals surface area (Å²) in [5.41, 5.74) is 20.9. The Kier molecular flexibility index (Phi) is 57.7. The maximum atomic E-state index is 11.5. The first-order valence-corrected chi connectivity index (χ1v) is 35.2. The van der Waals surface area contributed by atoms with Crippen LogP contribution in [-0.4, -0.2) is 4.70 Å². The summed E-state index contributed by atoms with van der Waals surface area (Å²) in [4.78, 5) is 0. The van der Waals surface area contributed by atoms with Gasteiger partial charge in [-0.05, 0) is 67.5 Å². The van der Waals surface area contributed by atoms with Crippen molar-refractivity contribution in [1.82, 2.24) is 0 Å². The Morgan fingerprint density at radius 2 is 0.544 bits per heavy atom. The number of allylic oxidation sites excluding steroid dienone is 2. The van der Waals surface area contributed by atoms with E-state index in [4.69, 9.17) is 0 Å². The third kappa shape index (κ3) is 41.6. The maximum Gasteiger partial charge on any atom is 2.00 e. The first-order chi connectivity index (χ1) is 38.5. The Hall–Kier alpha value is -1.99. The monoisotopic (exact) mass is 1130 g/mol. The molecule has 3 rings (SSSR count). The molecule has 0 bridgehead atoms. The van der Waals surface area contributed by atoms with Gasteiger partial charge in [-0.3, -0.25) is 0 Å². The van der Waals surface area contributed by atoms with E-state index in [2.05, 4.69) is 104 Å². The second kappa shape index (κ2) is 59.2. The van der Waals surface area contributed by atoms with Gasteiger partial charge in [-0.15, -0.1) is 0 Å². The molecule has 0 aliphatic carbocycles. The summed E-state index contributed by atoms with van der Waals surface area (Å²) in [7, 11) is 0. The van der Waals surface area contributed by atoms with Gasteiger partial charge in [0.2, 0.25) is 11.4 Å². The molecule has 1 aliphatic rings. The normalized spacial score (nSPS) is 12.2. The summed E-state index contributed by atoms with van der Waals surface area (Å²) in [6, 6.07) is 17.3. The van der Waals surface area contributed by atoms with E-state index in [1.54, 1.807) is 0 Å². The molecule has 1 heterocycles. The average molecular weight is 1130 g/mol. The van der Waals surface area contributed by atoms with Crippen LogP contribution in [0, 0.1) is 13.8 Å². The van der Waals surface area contributed by atoms with Crippen LogP contribution in [0.5, 0.6) is 0 Å². The minimum Gasteiger partial charge on any atom is -0.493 e. The SMILES string of the molecule is CCCCCCC1=C(c2cccc(CC)c2)[N+](=[N-])C(c2cccc(CC)c2)=C1CC.[CH2-]CCCCCCCCCCCCCCCCCCCCCCC.[CH2-]CCCCCCCCCCCCCCCCCCCCCCC.[Ni+2]. The van der Waals surface area contributed by atoms with Crippen LogP contribution in [0.15, 0.2) is 59.7 Å². The molecule has 458 valence electrons. The molecule has 0 aromatic heterocycles. The molecule has 79 heavy (non-hydrogen) atoms. The average Bonchev–Trinajstić information content (AvgIpc) is 3.91. The Balaban J connectivity index is 0.00000116. The van der Waals surface area contributed by atoms with Crippen molar-refractivity contribution in [1.29, 1.82) is 0 Å². The zero-order chi connectivity index (χ0) is 56.6. The van der Waals surface area contributed by atoms with Crippen molar-refractivity contribution >= 4 is 11.4 Å². The van der Waals surface area contributed by atoms with Crippen molar-refractivity contribution in [2.24, 2.45) is 0 Å². The fourth-order valence-corrected chi connectivity index (χ4v) is 11.7. The molecule has 2 nitrogen and oxygen atoms in total. The second-order valence-electron chi connectivity index (χ2n) is 24.1. The second-order valence-corrected chi connectivity index (χ2v) is 24.1. The van der Waals surface area contributed by atoms with Crippen molar-refractivity contribution in [3.63, 3.8) is 0 Å². The fourth-order valence-electron chi connectivity index (χ4n) is 11.7. The smallest absolute Gasteiger partial charge is 0.493 e. The van der Waals surface area contributed by atoms with Gasteiger partial charge in [0.15, 0.2) is 0 Å². The van der Waals surface area contributed by atoms with Crippen molar-refractivity contribution in [2.75, 3.05) is 0 Å². The molecule has 2 aromatic rings. The third-order valence-electron chi connectivity index (χ3n) is 16.9. The predicted octanol–water partition coefficient (Wildman–Crippen LogP) is 27.2. The number of benzene rings is 2.